The molecule has 30 heavy (non-hydrogen) atoms. The fourth-order valence-corrected chi connectivity index (χ4v) is 2.40. The Morgan fingerprint density at radius 3 is 2.70 bits per heavy atom. The summed E-state index contributed by atoms with van der Waals surface area (Å²) in [7, 11) is 1.54. The molecule has 1 amide bonds. The Balaban J connectivity index is 2.11. The van der Waals surface area contributed by atoms with Crippen LogP contribution in [0.3, 0.4) is 0 Å². The third kappa shape index (κ3) is 6.57. The topological polar surface area (TPSA) is 69.2 Å². The Kier molecular flexibility index (Phi) is 8.27. The molecule has 0 fully saturated rings. The quantitative estimate of drug-likeness (QED) is 0.215. The number of methoxy groups -OCH3 is 1. The molecular formula is C24H24N2O4. The molecule has 154 valence electrons. The molecule has 0 aromatic heterocycles. The number of nitrogens with one attached hydrogen (secondary N) is 1. The third-order valence-electron chi connectivity index (χ3n) is 3.75. The van der Waals surface area contributed by atoms with Gasteiger partial charge < -0.3 is 19.6 Å². The number of terminal acetylenes is 1. The van der Waals surface area contributed by atoms with Crippen LogP contribution < -0.4 is 14.8 Å². The molecule has 0 saturated carbocycles. The molecule has 0 heterocycles. The van der Waals surface area contributed by atoms with Crippen molar-refractivity contribution in [2.24, 2.45) is 5.16 Å². The number of ether oxygens (including phenoxy) is 2. The van der Waals surface area contributed by atoms with Crippen molar-refractivity contribution in [3.8, 4) is 23.8 Å². The van der Waals surface area contributed by atoms with Crippen molar-refractivity contribution in [2.45, 2.75) is 13.8 Å². The molecule has 0 bridgehead atoms. The predicted octanol–water partition coefficient (Wildman–Crippen LogP) is 4.74. The van der Waals surface area contributed by atoms with Crippen LogP contribution in [0.4, 0.5) is 5.69 Å². The van der Waals surface area contributed by atoms with E-state index in [4.69, 9.17) is 20.7 Å². The molecule has 0 unspecified atom stereocenters. The smallest absolute Gasteiger partial charge is 0.248 e. The second-order valence-electron chi connectivity index (χ2n) is 6.32. The van der Waals surface area contributed by atoms with Gasteiger partial charge in [0.05, 0.1) is 18.5 Å². The second-order valence-corrected chi connectivity index (χ2v) is 6.32. The number of amides is 1. The molecule has 0 atom stereocenters. The Hall–Kier alpha value is -3.98. The average molecular weight is 404 g/mol. The summed E-state index contributed by atoms with van der Waals surface area (Å²) in [5, 5.41) is 6.72. The van der Waals surface area contributed by atoms with E-state index in [1.165, 1.54) is 13.2 Å². The summed E-state index contributed by atoms with van der Waals surface area (Å²) in [5.74, 6) is 3.50. The number of carbonyl (C=O) groups excluding carboxylic acids is 1. The normalized spacial score (nSPS) is 10.1. The maximum absolute atomic E-state index is 12.4. The highest BCUT2D eigenvalue weighted by Gasteiger charge is 2.09. The van der Waals surface area contributed by atoms with Gasteiger partial charge in [0.15, 0.2) is 17.3 Å². The van der Waals surface area contributed by atoms with Gasteiger partial charge in [-0.25, -0.2) is 0 Å². The van der Waals surface area contributed by atoms with Crippen LogP contribution in [0.15, 0.2) is 60.3 Å². The highest BCUT2D eigenvalue weighted by molar-refractivity contribution is 6.03. The maximum Gasteiger partial charge on any atom is 0.248 e. The van der Waals surface area contributed by atoms with Crippen LogP contribution >= 0.6 is 0 Å². The first-order valence-electron chi connectivity index (χ1n) is 9.14. The van der Waals surface area contributed by atoms with Gasteiger partial charge in [-0.15, -0.1) is 6.42 Å². The van der Waals surface area contributed by atoms with Gasteiger partial charge in [-0.3, -0.25) is 4.79 Å². The molecule has 0 aliphatic carbocycles. The van der Waals surface area contributed by atoms with E-state index in [0.29, 0.717) is 28.5 Å². The number of para-hydroxylation sites is 1. The number of oxime groups is 1. The SMILES string of the molecule is C#CCOc1ccc(/C=C/C(=O)Nc2ccccc2C(=C)ON=C(C)C)cc1OC. The molecule has 6 nitrogen and oxygen atoms in total. The van der Waals surface area contributed by atoms with Crippen LogP contribution in [0.1, 0.15) is 25.0 Å². The first kappa shape index (κ1) is 22.3. The zero-order valence-electron chi connectivity index (χ0n) is 17.3. The molecule has 6 heteroatoms. The lowest BCUT2D eigenvalue weighted by Gasteiger charge is -2.11. The van der Waals surface area contributed by atoms with Gasteiger partial charge in [0.1, 0.15) is 6.61 Å². The van der Waals surface area contributed by atoms with Crippen LogP contribution in [0.2, 0.25) is 0 Å². The van der Waals surface area contributed by atoms with E-state index >= 15 is 0 Å². The second kappa shape index (κ2) is 11.1. The number of hydrogen-bond acceptors (Lipinski definition) is 5. The van der Waals surface area contributed by atoms with Crippen LogP contribution in [0.25, 0.3) is 11.8 Å². The van der Waals surface area contributed by atoms with Crippen LogP contribution in [-0.4, -0.2) is 25.3 Å². The minimum Gasteiger partial charge on any atom is -0.493 e. The van der Waals surface area contributed by atoms with Gasteiger partial charge in [0.25, 0.3) is 0 Å². The molecule has 0 aliphatic rings. The Labute approximate surface area is 176 Å². The van der Waals surface area contributed by atoms with E-state index in [2.05, 4.69) is 23.0 Å². The summed E-state index contributed by atoms with van der Waals surface area (Å²) < 4.78 is 10.7. The summed E-state index contributed by atoms with van der Waals surface area (Å²) in [6, 6.07) is 12.5. The fraction of sp³-hybridized carbons (Fsp3) is 0.167. The van der Waals surface area contributed by atoms with E-state index < -0.39 is 0 Å². The molecule has 1 N–H and O–H groups in total. The van der Waals surface area contributed by atoms with E-state index in [1.807, 2.05) is 26.0 Å². The molecule has 0 radical (unpaired) electrons. The summed E-state index contributed by atoms with van der Waals surface area (Å²) in [5.41, 5.74) is 2.73. The summed E-state index contributed by atoms with van der Waals surface area (Å²) >= 11 is 0. The van der Waals surface area contributed by atoms with Crippen LogP contribution in [-0.2, 0) is 9.63 Å². The number of anilines is 1. The lowest BCUT2D eigenvalue weighted by molar-refractivity contribution is -0.111. The Morgan fingerprint density at radius 2 is 2.00 bits per heavy atom. The van der Waals surface area contributed by atoms with E-state index in [9.17, 15) is 4.79 Å². The minimum absolute atomic E-state index is 0.144. The standard InChI is InChI=1S/C24H24N2O4/c1-6-15-29-22-13-11-19(16-23(22)28-5)12-14-24(27)25-21-10-8-7-9-20(21)18(4)30-26-17(2)3/h1,7-14,16H,4,15H2,2-3,5H3,(H,25,27)/b14-12+. The van der Waals surface area contributed by atoms with E-state index in [0.717, 1.165) is 11.3 Å². The van der Waals surface area contributed by atoms with Crippen molar-refractivity contribution in [1.82, 2.24) is 0 Å². The molecule has 0 aliphatic heterocycles. The molecule has 2 rings (SSSR count). The van der Waals surface area contributed by atoms with Crippen molar-refractivity contribution in [2.75, 3.05) is 19.0 Å². The largest absolute Gasteiger partial charge is 0.493 e. The van der Waals surface area contributed by atoms with Gasteiger partial charge in [-0.2, -0.15) is 0 Å². The predicted molar refractivity (Wildman–Crippen MR) is 120 cm³/mol. The van der Waals surface area contributed by atoms with Crippen molar-refractivity contribution in [1.29, 1.82) is 0 Å². The number of carbonyl (C=O) groups is 1. The van der Waals surface area contributed by atoms with Crippen molar-refractivity contribution >= 4 is 29.1 Å². The van der Waals surface area contributed by atoms with E-state index in [1.54, 1.807) is 36.4 Å². The number of hydrogen-bond donors (Lipinski definition) is 1. The highest BCUT2D eigenvalue weighted by atomic mass is 16.6. The van der Waals surface area contributed by atoms with Gasteiger partial charge in [-0.1, -0.05) is 35.9 Å². The third-order valence-corrected chi connectivity index (χ3v) is 3.75. The summed E-state index contributed by atoms with van der Waals surface area (Å²) in [4.78, 5) is 17.7. The number of rotatable bonds is 9. The van der Waals surface area contributed by atoms with Gasteiger partial charge in [-0.05, 0) is 49.8 Å². The lowest BCUT2D eigenvalue weighted by Crippen LogP contribution is -2.09. The first-order chi connectivity index (χ1) is 14.4. The number of benzene rings is 2. The Morgan fingerprint density at radius 1 is 1.23 bits per heavy atom. The maximum atomic E-state index is 12.4. The number of nitrogens with zero attached hydrogens (tertiary/aromatic N) is 1. The molecule has 2 aromatic carbocycles. The minimum atomic E-state index is -0.308. The van der Waals surface area contributed by atoms with Gasteiger partial charge in [0.2, 0.25) is 5.91 Å². The van der Waals surface area contributed by atoms with Gasteiger partial charge >= 0.3 is 0 Å². The van der Waals surface area contributed by atoms with Crippen LogP contribution in [0, 0.1) is 12.3 Å². The van der Waals surface area contributed by atoms with Crippen molar-refractivity contribution < 1.29 is 19.1 Å². The summed E-state index contributed by atoms with van der Waals surface area (Å²) in [6.07, 6.45) is 8.30. The molecule has 0 spiro atoms. The van der Waals surface area contributed by atoms with Crippen molar-refractivity contribution in [3.05, 3.63) is 66.2 Å². The van der Waals surface area contributed by atoms with Crippen LogP contribution in [0.5, 0.6) is 11.5 Å². The lowest BCUT2D eigenvalue weighted by atomic mass is 10.1. The van der Waals surface area contributed by atoms with Crippen molar-refractivity contribution in [3.63, 3.8) is 0 Å². The zero-order chi connectivity index (χ0) is 21.9. The summed E-state index contributed by atoms with van der Waals surface area (Å²) in [6.45, 7) is 7.64. The molecule has 0 saturated heterocycles. The average Bonchev–Trinajstić information content (AvgIpc) is 2.75. The van der Waals surface area contributed by atoms with Gasteiger partial charge in [0, 0.05) is 11.6 Å². The first-order valence-corrected chi connectivity index (χ1v) is 9.14. The van der Waals surface area contributed by atoms with E-state index in [-0.39, 0.29) is 12.5 Å². The molecular weight excluding hydrogens is 380 g/mol. The molecule has 2 aromatic rings. The Bertz CT molecular complexity index is 1010. The zero-order valence-corrected chi connectivity index (χ0v) is 17.3. The monoisotopic (exact) mass is 404 g/mol. The highest BCUT2D eigenvalue weighted by Crippen LogP contribution is 2.28. The fourth-order valence-electron chi connectivity index (χ4n) is 2.40.